The van der Waals surface area contributed by atoms with E-state index in [9.17, 15) is 9.59 Å². The summed E-state index contributed by atoms with van der Waals surface area (Å²) in [4.78, 5) is 25.1. The third kappa shape index (κ3) is 3.70. The van der Waals surface area contributed by atoms with Crippen LogP contribution < -0.4 is 5.32 Å². The zero-order chi connectivity index (χ0) is 13.8. The van der Waals surface area contributed by atoms with Crippen LogP contribution in [0, 0.1) is 5.92 Å². The predicted octanol–water partition coefficient (Wildman–Crippen LogP) is 0.786. The van der Waals surface area contributed by atoms with Gasteiger partial charge in [-0.05, 0) is 26.2 Å². The van der Waals surface area contributed by atoms with Crippen LogP contribution in [0.15, 0.2) is 0 Å². The molecule has 1 heterocycles. The third-order valence-electron chi connectivity index (χ3n) is 3.23. The largest absolute Gasteiger partial charge is 0.380 e. The second-order valence-electron chi connectivity index (χ2n) is 5.58. The Balaban J connectivity index is 2.39. The maximum atomic E-state index is 11.8. The Kier molecular flexibility index (Phi) is 5.14. The quantitative estimate of drug-likeness (QED) is 0.715. The molecule has 18 heavy (non-hydrogen) atoms. The predicted molar refractivity (Wildman–Crippen MR) is 69.1 cm³/mol. The van der Waals surface area contributed by atoms with Gasteiger partial charge in [0.1, 0.15) is 5.54 Å². The minimum Gasteiger partial charge on any atom is -0.380 e. The maximum absolute atomic E-state index is 11.8. The first-order chi connectivity index (χ1) is 8.35. The first kappa shape index (κ1) is 15.0. The van der Waals surface area contributed by atoms with Gasteiger partial charge >= 0.3 is 0 Å². The molecule has 0 aromatic rings. The molecular formula is C13H24N2O3. The van der Waals surface area contributed by atoms with Gasteiger partial charge in [-0.15, -0.1) is 0 Å². The van der Waals surface area contributed by atoms with Crippen LogP contribution in [-0.4, -0.2) is 48.6 Å². The Morgan fingerprint density at radius 1 is 1.33 bits per heavy atom. The fourth-order valence-corrected chi connectivity index (χ4v) is 1.88. The van der Waals surface area contributed by atoms with Gasteiger partial charge in [-0.2, -0.15) is 0 Å². The first-order valence-corrected chi connectivity index (χ1v) is 6.52. The van der Waals surface area contributed by atoms with E-state index in [0.717, 1.165) is 6.42 Å². The highest BCUT2D eigenvalue weighted by atomic mass is 16.5. The van der Waals surface area contributed by atoms with Gasteiger partial charge in [0.2, 0.25) is 11.8 Å². The van der Waals surface area contributed by atoms with Gasteiger partial charge in [0.05, 0.1) is 13.2 Å². The fraction of sp³-hybridized carbons (Fsp3) is 0.846. The Morgan fingerprint density at radius 2 is 2.00 bits per heavy atom. The fourth-order valence-electron chi connectivity index (χ4n) is 1.88. The number of ether oxygens (including phenoxy) is 1. The van der Waals surface area contributed by atoms with E-state index in [1.54, 1.807) is 18.7 Å². The summed E-state index contributed by atoms with van der Waals surface area (Å²) in [5, 5.41) is 2.60. The first-order valence-electron chi connectivity index (χ1n) is 6.52. The van der Waals surface area contributed by atoms with Crippen molar-refractivity contribution in [3.05, 3.63) is 0 Å². The molecular weight excluding hydrogens is 232 g/mol. The number of hydrogen-bond donors (Lipinski definition) is 1. The second-order valence-corrected chi connectivity index (χ2v) is 5.58. The van der Waals surface area contributed by atoms with Gasteiger partial charge in [-0.3, -0.25) is 9.59 Å². The van der Waals surface area contributed by atoms with Crippen LogP contribution in [0.4, 0.5) is 0 Å². The summed E-state index contributed by atoms with van der Waals surface area (Å²) in [5.74, 6) is 0.458. The van der Waals surface area contributed by atoms with Crippen molar-refractivity contribution in [1.29, 1.82) is 0 Å². The molecule has 104 valence electrons. The van der Waals surface area contributed by atoms with Gasteiger partial charge in [0.25, 0.3) is 0 Å². The number of hydrogen-bond acceptors (Lipinski definition) is 3. The van der Waals surface area contributed by atoms with Gasteiger partial charge in [-0.1, -0.05) is 13.8 Å². The lowest BCUT2D eigenvalue weighted by atomic mass is 9.99. The molecule has 1 aliphatic heterocycles. The van der Waals surface area contributed by atoms with E-state index in [2.05, 4.69) is 19.2 Å². The second kappa shape index (κ2) is 6.18. The average molecular weight is 256 g/mol. The topological polar surface area (TPSA) is 58.6 Å². The summed E-state index contributed by atoms with van der Waals surface area (Å²) in [6.45, 7) is 9.55. The van der Waals surface area contributed by atoms with Crippen LogP contribution >= 0.6 is 0 Å². The van der Waals surface area contributed by atoms with E-state index in [1.807, 2.05) is 0 Å². The molecule has 0 saturated carbocycles. The normalized spacial score (nSPS) is 19.3. The van der Waals surface area contributed by atoms with Crippen LogP contribution in [0.5, 0.6) is 0 Å². The number of piperazine rings is 1. The van der Waals surface area contributed by atoms with Gasteiger partial charge in [-0.25, -0.2) is 0 Å². The lowest BCUT2D eigenvalue weighted by molar-refractivity contribution is -0.152. The zero-order valence-corrected chi connectivity index (χ0v) is 11.8. The molecule has 0 radical (unpaired) electrons. The molecule has 0 bridgehead atoms. The standard InChI is InChI=1S/C13H24N2O3/c1-10(2)5-7-18-8-6-15-11(16)9-14-12(17)13(15,3)4/h10H,5-9H2,1-4H3,(H,14,17). The zero-order valence-electron chi connectivity index (χ0n) is 11.8. The molecule has 2 amide bonds. The van der Waals surface area contributed by atoms with Crippen molar-refractivity contribution in [3.63, 3.8) is 0 Å². The van der Waals surface area contributed by atoms with Gasteiger partial charge < -0.3 is 15.0 Å². The molecule has 1 aliphatic rings. The summed E-state index contributed by atoms with van der Waals surface area (Å²) >= 11 is 0. The smallest absolute Gasteiger partial charge is 0.245 e. The van der Waals surface area contributed by atoms with E-state index in [0.29, 0.717) is 25.7 Å². The van der Waals surface area contributed by atoms with E-state index >= 15 is 0 Å². The van der Waals surface area contributed by atoms with Crippen molar-refractivity contribution in [2.45, 2.75) is 39.7 Å². The molecule has 0 aliphatic carbocycles. The molecule has 1 saturated heterocycles. The molecule has 5 nitrogen and oxygen atoms in total. The third-order valence-corrected chi connectivity index (χ3v) is 3.23. The summed E-state index contributed by atoms with van der Waals surface area (Å²) in [6.07, 6.45) is 1.01. The van der Waals surface area contributed by atoms with Crippen LogP contribution in [0.25, 0.3) is 0 Å². The highest BCUT2D eigenvalue weighted by molar-refractivity contribution is 5.97. The van der Waals surface area contributed by atoms with Crippen molar-refractivity contribution in [2.75, 3.05) is 26.3 Å². The van der Waals surface area contributed by atoms with Gasteiger partial charge in [0.15, 0.2) is 0 Å². The Hall–Kier alpha value is -1.10. The summed E-state index contributed by atoms with van der Waals surface area (Å²) in [6, 6.07) is 0. The SMILES string of the molecule is CC(C)CCOCCN1C(=O)CNC(=O)C1(C)C. The maximum Gasteiger partial charge on any atom is 0.245 e. The average Bonchev–Trinajstić information content (AvgIpc) is 2.27. The van der Waals surface area contributed by atoms with E-state index in [-0.39, 0.29) is 18.4 Å². The lowest BCUT2D eigenvalue weighted by Crippen LogP contribution is -2.64. The van der Waals surface area contributed by atoms with Crippen molar-refractivity contribution < 1.29 is 14.3 Å². The monoisotopic (exact) mass is 256 g/mol. The molecule has 1 fully saturated rings. The highest BCUT2D eigenvalue weighted by Gasteiger charge is 2.41. The number of carbonyl (C=O) groups excluding carboxylic acids is 2. The lowest BCUT2D eigenvalue weighted by Gasteiger charge is -2.40. The molecule has 5 heteroatoms. The van der Waals surface area contributed by atoms with Crippen molar-refractivity contribution in [3.8, 4) is 0 Å². The van der Waals surface area contributed by atoms with Crippen LogP contribution in [0.2, 0.25) is 0 Å². The van der Waals surface area contributed by atoms with Crippen molar-refractivity contribution in [2.24, 2.45) is 5.92 Å². The number of carbonyl (C=O) groups is 2. The van der Waals surface area contributed by atoms with E-state index in [4.69, 9.17) is 4.74 Å². The Labute approximate surface area is 109 Å². The number of nitrogens with one attached hydrogen (secondary N) is 1. The molecule has 1 N–H and O–H groups in total. The molecule has 0 aromatic heterocycles. The molecule has 1 rings (SSSR count). The summed E-state index contributed by atoms with van der Waals surface area (Å²) in [5.41, 5.74) is -0.781. The van der Waals surface area contributed by atoms with Crippen LogP contribution in [0.3, 0.4) is 0 Å². The van der Waals surface area contributed by atoms with Crippen molar-refractivity contribution in [1.82, 2.24) is 10.2 Å². The number of amides is 2. The highest BCUT2D eigenvalue weighted by Crippen LogP contribution is 2.17. The summed E-state index contributed by atoms with van der Waals surface area (Å²) in [7, 11) is 0. The number of nitrogens with zero attached hydrogens (tertiary/aromatic N) is 1. The number of rotatable bonds is 6. The Morgan fingerprint density at radius 3 is 2.61 bits per heavy atom. The summed E-state index contributed by atoms with van der Waals surface area (Å²) < 4.78 is 5.50. The minimum atomic E-state index is -0.781. The molecule has 0 spiro atoms. The van der Waals surface area contributed by atoms with Crippen LogP contribution in [0.1, 0.15) is 34.1 Å². The van der Waals surface area contributed by atoms with Gasteiger partial charge in [0, 0.05) is 13.2 Å². The molecule has 0 unspecified atom stereocenters. The Bertz CT molecular complexity index is 313. The van der Waals surface area contributed by atoms with Crippen LogP contribution in [-0.2, 0) is 14.3 Å². The molecule has 0 atom stereocenters. The van der Waals surface area contributed by atoms with E-state index in [1.165, 1.54) is 0 Å². The van der Waals surface area contributed by atoms with Crippen molar-refractivity contribution >= 4 is 11.8 Å². The van der Waals surface area contributed by atoms with E-state index < -0.39 is 5.54 Å². The minimum absolute atomic E-state index is 0.0490. The molecule has 0 aromatic carbocycles.